The lowest BCUT2D eigenvalue weighted by molar-refractivity contribution is -0.139. The van der Waals surface area contributed by atoms with Gasteiger partial charge in [0.15, 0.2) is 11.5 Å². The number of aliphatic hydroxyl groups excluding tert-OH is 1. The molecule has 0 spiro atoms. The number of aliphatic hydroxyl groups is 1. The number of carbonyl (C=O) groups excluding carboxylic acids is 2. The standard InChI is InChI=1S/C21H23N3O6/c1-4-28-20(26)16(19(25)15-9-7-6-8-10-15)12-22-17(21(27)29-5-2)13-23-18-11-14(3)30-24-18/h6-13,25H,4-5H2,1-3H3,(H,23,24)/b17-13-,19-16+,22-12+. The molecule has 0 atom stereocenters. The Bertz CT molecular complexity index is 960. The number of nitrogens with zero attached hydrogens (tertiary/aromatic N) is 2. The van der Waals surface area contributed by atoms with Crippen molar-refractivity contribution < 1.29 is 28.7 Å². The molecule has 1 aromatic heterocycles. The van der Waals surface area contributed by atoms with E-state index in [0.717, 1.165) is 6.21 Å². The first-order valence-corrected chi connectivity index (χ1v) is 9.23. The van der Waals surface area contributed by atoms with Gasteiger partial charge in [-0.3, -0.25) is 0 Å². The van der Waals surface area contributed by atoms with Crippen molar-refractivity contribution in [3.8, 4) is 0 Å². The van der Waals surface area contributed by atoms with Gasteiger partial charge >= 0.3 is 11.9 Å². The molecule has 1 aromatic carbocycles. The highest BCUT2D eigenvalue weighted by Crippen LogP contribution is 2.17. The van der Waals surface area contributed by atoms with Gasteiger partial charge in [0.1, 0.15) is 17.1 Å². The number of anilines is 1. The van der Waals surface area contributed by atoms with Crippen LogP contribution in [-0.4, -0.2) is 41.6 Å². The van der Waals surface area contributed by atoms with Crippen LogP contribution in [0.4, 0.5) is 5.82 Å². The van der Waals surface area contributed by atoms with Crippen LogP contribution in [0.2, 0.25) is 0 Å². The molecule has 9 nitrogen and oxygen atoms in total. The molecular formula is C21H23N3O6. The largest absolute Gasteiger partial charge is 0.506 e. The summed E-state index contributed by atoms with van der Waals surface area (Å²) in [4.78, 5) is 28.6. The summed E-state index contributed by atoms with van der Waals surface area (Å²) in [5.41, 5.74) is 0.0283. The molecule has 2 aromatic rings. The number of aromatic nitrogens is 1. The van der Waals surface area contributed by atoms with Gasteiger partial charge in [-0.05, 0) is 20.8 Å². The smallest absolute Gasteiger partial charge is 0.358 e. The highest BCUT2D eigenvalue weighted by Gasteiger charge is 2.18. The van der Waals surface area contributed by atoms with Crippen LogP contribution in [0.5, 0.6) is 0 Å². The van der Waals surface area contributed by atoms with Crippen LogP contribution in [0.3, 0.4) is 0 Å². The Kier molecular flexibility index (Phi) is 8.37. The van der Waals surface area contributed by atoms with E-state index in [1.54, 1.807) is 57.2 Å². The number of benzene rings is 1. The second kappa shape index (κ2) is 11.2. The van der Waals surface area contributed by atoms with Gasteiger partial charge in [0.25, 0.3) is 0 Å². The minimum Gasteiger partial charge on any atom is -0.506 e. The summed E-state index contributed by atoms with van der Waals surface area (Å²) in [5, 5.41) is 17.1. The first-order valence-electron chi connectivity index (χ1n) is 9.23. The van der Waals surface area contributed by atoms with E-state index < -0.39 is 11.9 Å². The van der Waals surface area contributed by atoms with Crippen LogP contribution in [0.25, 0.3) is 5.76 Å². The Hall–Kier alpha value is -3.88. The van der Waals surface area contributed by atoms with Gasteiger partial charge in [-0.15, -0.1) is 0 Å². The third-order valence-corrected chi connectivity index (χ3v) is 3.60. The molecule has 158 valence electrons. The Balaban J connectivity index is 2.40. The van der Waals surface area contributed by atoms with Crippen molar-refractivity contribution in [2.24, 2.45) is 4.99 Å². The van der Waals surface area contributed by atoms with Crippen molar-refractivity contribution >= 4 is 29.7 Å². The summed E-state index contributed by atoms with van der Waals surface area (Å²) in [6.45, 7) is 5.24. The minimum absolute atomic E-state index is 0.103. The number of ether oxygens (including phenoxy) is 2. The number of hydrogen-bond acceptors (Lipinski definition) is 9. The second-order valence-corrected chi connectivity index (χ2v) is 5.82. The lowest BCUT2D eigenvalue weighted by Gasteiger charge is -2.07. The fourth-order valence-electron chi connectivity index (χ4n) is 2.24. The van der Waals surface area contributed by atoms with Gasteiger partial charge in [-0.2, -0.15) is 0 Å². The molecule has 0 amide bonds. The molecule has 0 aliphatic carbocycles. The third-order valence-electron chi connectivity index (χ3n) is 3.60. The van der Waals surface area contributed by atoms with Crippen molar-refractivity contribution in [1.82, 2.24) is 5.16 Å². The van der Waals surface area contributed by atoms with Crippen LogP contribution >= 0.6 is 0 Å². The maximum absolute atomic E-state index is 12.3. The second-order valence-electron chi connectivity index (χ2n) is 5.82. The zero-order valence-electron chi connectivity index (χ0n) is 16.9. The predicted molar refractivity (Wildman–Crippen MR) is 111 cm³/mol. The van der Waals surface area contributed by atoms with Gasteiger partial charge in [0.05, 0.1) is 13.2 Å². The molecule has 30 heavy (non-hydrogen) atoms. The number of aliphatic imine (C=N–C) groups is 1. The summed E-state index contributed by atoms with van der Waals surface area (Å²) in [6.07, 6.45) is 2.31. The summed E-state index contributed by atoms with van der Waals surface area (Å²) in [7, 11) is 0. The van der Waals surface area contributed by atoms with Gasteiger partial charge < -0.3 is 24.4 Å². The summed E-state index contributed by atoms with van der Waals surface area (Å²) >= 11 is 0. The molecule has 0 unspecified atom stereocenters. The molecule has 1 heterocycles. The number of aryl methyl sites for hydroxylation is 1. The first-order chi connectivity index (χ1) is 14.5. The topological polar surface area (TPSA) is 123 Å². The van der Waals surface area contributed by atoms with Gasteiger partial charge in [-0.25, -0.2) is 14.6 Å². The summed E-state index contributed by atoms with van der Waals surface area (Å²) in [5.74, 6) is -0.916. The van der Waals surface area contributed by atoms with E-state index in [2.05, 4.69) is 15.5 Å². The Morgan fingerprint density at radius 2 is 1.83 bits per heavy atom. The zero-order chi connectivity index (χ0) is 21.9. The fourth-order valence-corrected chi connectivity index (χ4v) is 2.24. The number of hydrogen-bond donors (Lipinski definition) is 2. The molecular weight excluding hydrogens is 390 g/mol. The lowest BCUT2D eigenvalue weighted by atomic mass is 10.1. The van der Waals surface area contributed by atoms with Crippen LogP contribution < -0.4 is 5.32 Å². The van der Waals surface area contributed by atoms with Crippen molar-refractivity contribution in [3.05, 3.63) is 65.2 Å². The predicted octanol–water partition coefficient (Wildman–Crippen LogP) is 3.40. The van der Waals surface area contributed by atoms with E-state index in [-0.39, 0.29) is 30.2 Å². The van der Waals surface area contributed by atoms with E-state index in [4.69, 9.17) is 14.0 Å². The normalized spacial score (nSPS) is 12.4. The molecule has 0 saturated carbocycles. The highest BCUT2D eigenvalue weighted by molar-refractivity contribution is 6.15. The number of carbonyl (C=O) groups is 2. The van der Waals surface area contributed by atoms with Crippen molar-refractivity contribution in [1.29, 1.82) is 0 Å². The number of esters is 2. The van der Waals surface area contributed by atoms with Crippen LogP contribution in [-0.2, 0) is 19.1 Å². The van der Waals surface area contributed by atoms with E-state index in [1.807, 2.05) is 0 Å². The average Bonchev–Trinajstić information content (AvgIpc) is 3.16. The molecule has 0 aliphatic rings. The maximum Gasteiger partial charge on any atom is 0.358 e. The third kappa shape index (κ3) is 6.33. The number of nitrogens with one attached hydrogen (secondary N) is 1. The first kappa shape index (κ1) is 22.4. The Morgan fingerprint density at radius 3 is 2.43 bits per heavy atom. The van der Waals surface area contributed by atoms with E-state index in [0.29, 0.717) is 17.1 Å². The Morgan fingerprint density at radius 1 is 1.17 bits per heavy atom. The van der Waals surface area contributed by atoms with Crippen LogP contribution in [0.15, 0.2) is 63.4 Å². The maximum atomic E-state index is 12.3. The Labute approximate surface area is 173 Å². The zero-order valence-corrected chi connectivity index (χ0v) is 16.9. The molecule has 0 radical (unpaired) electrons. The monoisotopic (exact) mass is 413 g/mol. The van der Waals surface area contributed by atoms with Gasteiger partial charge in [0.2, 0.25) is 0 Å². The molecule has 2 N–H and O–H groups in total. The van der Waals surface area contributed by atoms with E-state index in [1.165, 1.54) is 6.20 Å². The molecule has 0 bridgehead atoms. The van der Waals surface area contributed by atoms with Gasteiger partial charge in [0, 0.05) is 24.0 Å². The minimum atomic E-state index is -0.786. The molecule has 2 rings (SSSR count). The summed E-state index contributed by atoms with van der Waals surface area (Å²) in [6, 6.07) is 10.1. The SMILES string of the molecule is CCOC(=O)C(=C/Nc1cc(C)on1)/N=C/C(C(=O)OCC)=C(\O)c1ccccc1. The fraction of sp³-hybridized carbons (Fsp3) is 0.238. The van der Waals surface area contributed by atoms with Crippen molar-refractivity contribution in [3.63, 3.8) is 0 Å². The summed E-state index contributed by atoms with van der Waals surface area (Å²) < 4.78 is 14.9. The van der Waals surface area contributed by atoms with Crippen LogP contribution in [0, 0.1) is 6.92 Å². The highest BCUT2D eigenvalue weighted by atomic mass is 16.5. The van der Waals surface area contributed by atoms with E-state index in [9.17, 15) is 14.7 Å². The molecule has 0 fully saturated rings. The lowest BCUT2D eigenvalue weighted by Crippen LogP contribution is -2.13. The quantitative estimate of drug-likeness (QED) is 0.277. The molecule has 0 aliphatic heterocycles. The van der Waals surface area contributed by atoms with Crippen molar-refractivity contribution in [2.45, 2.75) is 20.8 Å². The molecule has 0 saturated heterocycles. The van der Waals surface area contributed by atoms with Crippen molar-refractivity contribution in [2.75, 3.05) is 18.5 Å². The van der Waals surface area contributed by atoms with Crippen LogP contribution in [0.1, 0.15) is 25.2 Å². The average molecular weight is 413 g/mol. The molecule has 9 heteroatoms. The number of rotatable bonds is 9. The van der Waals surface area contributed by atoms with Gasteiger partial charge in [-0.1, -0.05) is 35.5 Å². The van der Waals surface area contributed by atoms with E-state index >= 15 is 0 Å².